The Morgan fingerprint density at radius 2 is 1.72 bits per heavy atom. The summed E-state index contributed by atoms with van der Waals surface area (Å²) >= 11 is 0. The Morgan fingerprint density at radius 1 is 1.10 bits per heavy atom. The first kappa shape index (κ1) is 20.2. The second kappa shape index (κ2) is 9.61. The Labute approximate surface area is 169 Å². The van der Waals surface area contributed by atoms with Gasteiger partial charge in [-0.1, -0.05) is 66.7 Å². The van der Waals surface area contributed by atoms with Crippen LogP contribution < -0.4 is 5.56 Å². The van der Waals surface area contributed by atoms with Crippen molar-refractivity contribution in [3.63, 3.8) is 0 Å². The van der Waals surface area contributed by atoms with Crippen LogP contribution in [0.15, 0.2) is 78.1 Å². The lowest BCUT2D eigenvalue weighted by atomic mass is 9.95. The topological polar surface area (TPSA) is 75.3 Å². The zero-order valence-electron chi connectivity index (χ0n) is 16.3. The van der Waals surface area contributed by atoms with E-state index in [-0.39, 0.29) is 11.5 Å². The number of H-pyrrole nitrogens is 1. The molecule has 3 rings (SSSR count). The highest BCUT2D eigenvalue weighted by atomic mass is 16.5. The lowest BCUT2D eigenvalue weighted by molar-refractivity contribution is 0.0717. The molecule has 2 aromatic carbocycles. The average Bonchev–Trinajstić information content (AvgIpc) is 2.77. The summed E-state index contributed by atoms with van der Waals surface area (Å²) in [5.41, 5.74) is 2.15. The minimum atomic E-state index is -0.528. The first-order valence-corrected chi connectivity index (χ1v) is 9.30. The van der Waals surface area contributed by atoms with Crippen molar-refractivity contribution in [1.29, 1.82) is 0 Å². The molecule has 0 radical (unpaired) electrons. The smallest absolute Gasteiger partial charge is 0.277 e. The van der Waals surface area contributed by atoms with Gasteiger partial charge in [0.2, 0.25) is 0 Å². The van der Waals surface area contributed by atoms with E-state index in [0.717, 1.165) is 11.1 Å². The fourth-order valence-corrected chi connectivity index (χ4v) is 3.14. The van der Waals surface area contributed by atoms with Gasteiger partial charge in [-0.15, -0.1) is 6.58 Å². The van der Waals surface area contributed by atoms with Crippen LogP contribution in [0.1, 0.15) is 10.4 Å². The largest absolute Gasteiger partial charge is 0.383 e. The number of aromatic nitrogens is 2. The number of hydrogen-bond acceptors (Lipinski definition) is 4. The maximum absolute atomic E-state index is 13.4. The third-order valence-electron chi connectivity index (χ3n) is 4.51. The molecule has 1 N–H and O–H groups in total. The molecule has 3 aromatic rings. The number of nitrogens with one attached hydrogen (secondary N) is 1. The number of aromatic amines is 1. The second-order valence-electron chi connectivity index (χ2n) is 6.42. The summed E-state index contributed by atoms with van der Waals surface area (Å²) in [5.74, 6) is -0.387. The molecule has 0 unspecified atom stereocenters. The summed E-state index contributed by atoms with van der Waals surface area (Å²) in [4.78, 5) is 27.8. The van der Waals surface area contributed by atoms with Gasteiger partial charge in [0.25, 0.3) is 11.5 Å². The molecule has 0 saturated heterocycles. The van der Waals surface area contributed by atoms with E-state index in [4.69, 9.17) is 4.74 Å². The number of ether oxygens (including phenoxy) is 1. The Hall–Kier alpha value is -3.51. The first-order chi connectivity index (χ1) is 14.2. The zero-order chi connectivity index (χ0) is 20.6. The Bertz CT molecular complexity index is 1030. The summed E-state index contributed by atoms with van der Waals surface area (Å²) in [5, 5.41) is 6.78. The summed E-state index contributed by atoms with van der Waals surface area (Å²) < 4.78 is 5.12. The SMILES string of the molecule is C=CCN(CCOC)C(=O)c1c(-c2ccccc2)c(-c2ccccc2)n[nH]c1=O. The normalized spacial score (nSPS) is 10.5. The van der Waals surface area contributed by atoms with E-state index in [1.54, 1.807) is 18.1 Å². The number of carbonyl (C=O) groups is 1. The van der Waals surface area contributed by atoms with Gasteiger partial charge in [0.15, 0.2) is 0 Å². The molecule has 0 aliphatic rings. The highest BCUT2D eigenvalue weighted by Gasteiger charge is 2.26. The van der Waals surface area contributed by atoms with Crippen LogP contribution in [0, 0.1) is 0 Å². The fraction of sp³-hybridized carbons (Fsp3) is 0.174. The second-order valence-corrected chi connectivity index (χ2v) is 6.42. The van der Waals surface area contributed by atoms with Gasteiger partial charge < -0.3 is 9.64 Å². The number of carbonyl (C=O) groups excluding carboxylic acids is 1. The van der Waals surface area contributed by atoms with Crippen molar-refractivity contribution < 1.29 is 9.53 Å². The molecule has 0 aliphatic carbocycles. The quantitative estimate of drug-likeness (QED) is 0.600. The van der Waals surface area contributed by atoms with Crippen LogP contribution in [0.4, 0.5) is 0 Å². The molecule has 6 heteroatoms. The standard InChI is InChI=1S/C23H23N3O3/c1-3-14-26(15-16-29-2)23(28)20-19(17-10-6-4-7-11-17)21(24-25-22(20)27)18-12-8-5-9-13-18/h3-13H,1,14-16H2,2H3,(H,25,27). The van der Waals surface area contributed by atoms with E-state index in [9.17, 15) is 9.59 Å². The molecule has 0 atom stereocenters. The predicted molar refractivity (Wildman–Crippen MR) is 114 cm³/mol. The predicted octanol–water partition coefficient (Wildman–Crippen LogP) is 3.38. The maximum atomic E-state index is 13.4. The van der Waals surface area contributed by atoms with Crippen molar-refractivity contribution in [3.05, 3.63) is 89.2 Å². The van der Waals surface area contributed by atoms with E-state index in [2.05, 4.69) is 16.8 Å². The summed E-state index contributed by atoms with van der Waals surface area (Å²) in [6.07, 6.45) is 1.63. The van der Waals surface area contributed by atoms with Crippen molar-refractivity contribution in [2.45, 2.75) is 0 Å². The molecule has 29 heavy (non-hydrogen) atoms. The van der Waals surface area contributed by atoms with Crippen LogP contribution >= 0.6 is 0 Å². The van der Waals surface area contributed by atoms with Crippen LogP contribution in [0.2, 0.25) is 0 Å². The van der Waals surface area contributed by atoms with Gasteiger partial charge in [0.1, 0.15) is 5.56 Å². The first-order valence-electron chi connectivity index (χ1n) is 9.30. The van der Waals surface area contributed by atoms with E-state index < -0.39 is 5.56 Å². The number of rotatable bonds is 8. The van der Waals surface area contributed by atoms with E-state index >= 15 is 0 Å². The van der Waals surface area contributed by atoms with Crippen LogP contribution in [0.5, 0.6) is 0 Å². The molecule has 0 bridgehead atoms. The van der Waals surface area contributed by atoms with Crippen LogP contribution in [-0.2, 0) is 4.74 Å². The lowest BCUT2D eigenvalue weighted by Crippen LogP contribution is -2.38. The molecule has 148 valence electrons. The monoisotopic (exact) mass is 389 g/mol. The summed E-state index contributed by atoms with van der Waals surface area (Å²) in [6.45, 7) is 4.73. The number of amides is 1. The molecule has 1 amide bonds. The number of nitrogens with zero attached hydrogens (tertiary/aromatic N) is 2. The maximum Gasteiger partial charge on any atom is 0.277 e. The summed E-state index contributed by atoms with van der Waals surface area (Å²) in [7, 11) is 1.57. The van der Waals surface area contributed by atoms with Crippen molar-refractivity contribution in [2.24, 2.45) is 0 Å². The minimum Gasteiger partial charge on any atom is -0.383 e. The van der Waals surface area contributed by atoms with Crippen LogP contribution in [-0.4, -0.2) is 47.8 Å². The Morgan fingerprint density at radius 3 is 2.31 bits per heavy atom. The highest BCUT2D eigenvalue weighted by Crippen LogP contribution is 2.32. The zero-order valence-corrected chi connectivity index (χ0v) is 16.3. The van der Waals surface area contributed by atoms with E-state index in [0.29, 0.717) is 31.0 Å². The van der Waals surface area contributed by atoms with Crippen molar-refractivity contribution in [2.75, 3.05) is 26.8 Å². The number of benzene rings is 2. The molecule has 1 aromatic heterocycles. The third-order valence-corrected chi connectivity index (χ3v) is 4.51. The number of hydrogen-bond donors (Lipinski definition) is 1. The molecule has 0 spiro atoms. The van der Waals surface area contributed by atoms with Gasteiger partial charge in [0.05, 0.1) is 12.3 Å². The van der Waals surface area contributed by atoms with Gasteiger partial charge in [-0.3, -0.25) is 9.59 Å². The van der Waals surface area contributed by atoms with Crippen LogP contribution in [0.25, 0.3) is 22.4 Å². The van der Waals surface area contributed by atoms with Crippen molar-refractivity contribution in [3.8, 4) is 22.4 Å². The summed E-state index contributed by atoms with van der Waals surface area (Å²) in [6, 6.07) is 18.8. The van der Waals surface area contributed by atoms with Gasteiger partial charge in [-0.05, 0) is 5.56 Å². The number of methoxy groups -OCH3 is 1. The van der Waals surface area contributed by atoms with Crippen LogP contribution in [0.3, 0.4) is 0 Å². The third kappa shape index (κ3) is 4.50. The molecule has 6 nitrogen and oxygen atoms in total. The fourth-order valence-electron chi connectivity index (χ4n) is 3.14. The molecular weight excluding hydrogens is 366 g/mol. The molecule has 0 aliphatic heterocycles. The van der Waals surface area contributed by atoms with Crippen molar-refractivity contribution in [1.82, 2.24) is 15.1 Å². The average molecular weight is 389 g/mol. The molecule has 1 heterocycles. The van der Waals surface area contributed by atoms with Crippen molar-refractivity contribution >= 4 is 5.91 Å². The van der Waals surface area contributed by atoms with E-state index in [1.807, 2.05) is 60.7 Å². The minimum absolute atomic E-state index is 0.0583. The lowest BCUT2D eigenvalue weighted by Gasteiger charge is -2.22. The molecule has 0 saturated carbocycles. The van der Waals surface area contributed by atoms with Gasteiger partial charge in [-0.2, -0.15) is 5.10 Å². The molecule has 0 fully saturated rings. The molecular formula is C23H23N3O3. The Balaban J connectivity index is 2.24. The highest BCUT2D eigenvalue weighted by molar-refractivity contribution is 6.03. The van der Waals surface area contributed by atoms with E-state index in [1.165, 1.54) is 0 Å². The Kier molecular flexibility index (Phi) is 6.71. The van der Waals surface area contributed by atoms with Gasteiger partial charge in [0, 0.05) is 31.3 Å². The van der Waals surface area contributed by atoms with Gasteiger partial charge >= 0.3 is 0 Å². The van der Waals surface area contributed by atoms with Gasteiger partial charge in [-0.25, -0.2) is 5.10 Å².